The standard InChI is InChI=1S/C17H31NO2/c1-13(19)11-15-5-4-10-18(15)16(20)12-14-6-8-17(2,3)9-7-14/h13-15,19H,4-12H2,1-3H3. The van der Waals surface area contributed by atoms with Crippen molar-refractivity contribution < 1.29 is 9.90 Å². The van der Waals surface area contributed by atoms with Crippen molar-refractivity contribution in [1.29, 1.82) is 0 Å². The van der Waals surface area contributed by atoms with Crippen LogP contribution in [-0.2, 0) is 4.79 Å². The first kappa shape index (κ1) is 15.8. The molecule has 116 valence electrons. The Hall–Kier alpha value is -0.570. The van der Waals surface area contributed by atoms with Crippen LogP contribution >= 0.6 is 0 Å². The highest BCUT2D eigenvalue weighted by Gasteiger charge is 2.33. The summed E-state index contributed by atoms with van der Waals surface area (Å²) in [5.74, 6) is 0.918. The zero-order valence-electron chi connectivity index (χ0n) is 13.4. The maximum absolute atomic E-state index is 12.5. The first-order valence-corrected chi connectivity index (χ1v) is 8.35. The first-order valence-electron chi connectivity index (χ1n) is 8.35. The van der Waals surface area contributed by atoms with Crippen LogP contribution in [0.25, 0.3) is 0 Å². The van der Waals surface area contributed by atoms with E-state index in [1.54, 1.807) is 0 Å². The van der Waals surface area contributed by atoms with Crippen molar-refractivity contribution in [1.82, 2.24) is 4.90 Å². The van der Waals surface area contributed by atoms with Crippen molar-refractivity contribution in [3.63, 3.8) is 0 Å². The Labute approximate surface area is 123 Å². The molecule has 1 aliphatic heterocycles. The third-order valence-corrected chi connectivity index (χ3v) is 5.23. The number of carbonyl (C=O) groups excluding carboxylic acids is 1. The van der Waals surface area contributed by atoms with Gasteiger partial charge in [0.25, 0.3) is 0 Å². The molecule has 2 fully saturated rings. The minimum Gasteiger partial charge on any atom is -0.393 e. The second-order valence-electron chi connectivity index (χ2n) is 7.78. The summed E-state index contributed by atoms with van der Waals surface area (Å²) in [7, 11) is 0. The van der Waals surface area contributed by atoms with E-state index in [4.69, 9.17) is 0 Å². The molecule has 1 aliphatic carbocycles. The number of nitrogens with zero attached hydrogens (tertiary/aromatic N) is 1. The van der Waals surface area contributed by atoms with Gasteiger partial charge in [-0.1, -0.05) is 13.8 Å². The van der Waals surface area contributed by atoms with Crippen molar-refractivity contribution in [2.45, 2.75) is 84.3 Å². The lowest BCUT2D eigenvalue weighted by Gasteiger charge is -2.35. The normalized spacial score (nSPS) is 28.6. The molecule has 3 heteroatoms. The van der Waals surface area contributed by atoms with Gasteiger partial charge in [0.05, 0.1) is 6.10 Å². The van der Waals surface area contributed by atoms with Crippen LogP contribution in [0.3, 0.4) is 0 Å². The summed E-state index contributed by atoms with van der Waals surface area (Å²) in [5.41, 5.74) is 0.474. The van der Waals surface area contributed by atoms with Crippen LogP contribution in [0, 0.1) is 11.3 Å². The van der Waals surface area contributed by atoms with Crippen molar-refractivity contribution in [2.24, 2.45) is 11.3 Å². The molecule has 1 saturated carbocycles. The van der Waals surface area contributed by atoms with Crippen molar-refractivity contribution >= 4 is 5.91 Å². The molecular formula is C17H31NO2. The van der Waals surface area contributed by atoms with Gasteiger partial charge in [-0.15, -0.1) is 0 Å². The summed E-state index contributed by atoms with van der Waals surface area (Å²) in [6.07, 6.45) is 8.24. The van der Waals surface area contributed by atoms with Gasteiger partial charge in [-0.2, -0.15) is 0 Å². The zero-order chi connectivity index (χ0) is 14.8. The van der Waals surface area contributed by atoms with Crippen LogP contribution in [0.4, 0.5) is 0 Å². The molecule has 0 bridgehead atoms. The second-order valence-corrected chi connectivity index (χ2v) is 7.78. The van der Waals surface area contributed by atoms with Gasteiger partial charge in [0, 0.05) is 19.0 Å². The molecule has 3 nitrogen and oxygen atoms in total. The van der Waals surface area contributed by atoms with Crippen molar-refractivity contribution in [2.75, 3.05) is 6.54 Å². The smallest absolute Gasteiger partial charge is 0.223 e. The molecule has 0 aromatic carbocycles. The van der Waals surface area contributed by atoms with Gasteiger partial charge in [0.1, 0.15) is 0 Å². The number of aliphatic hydroxyl groups excluding tert-OH is 1. The van der Waals surface area contributed by atoms with Crippen LogP contribution in [0.1, 0.15) is 72.1 Å². The molecule has 0 aromatic heterocycles. The van der Waals surface area contributed by atoms with E-state index in [-0.39, 0.29) is 12.1 Å². The number of amides is 1. The molecular weight excluding hydrogens is 250 g/mol. The molecule has 2 rings (SSSR count). The summed E-state index contributed by atoms with van der Waals surface area (Å²) in [5, 5.41) is 9.55. The lowest BCUT2D eigenvalue weighted by atomic mass is 9.72. The zero-order valence-corrected chi connectivity index (χ0v) is 13.4. The van der Waals surface area contributed by atoms with Crippen molar-refractivity contribution in [3.05, 3.63) is 0 Å². The number of hydrogen-bond acceptors (Lipinski definition) is 2. The topological polar surface area (TPSA) is 40.5 Å². The van der Waals surface area contributed by atoms with Gasteiger partial charge >= 0.3 is 0 Å². The van der Waals surface area contributed by atoms with E-state index in [1.807, 2.05) is 11.8 Å². The number of likely N-dealkylation sites (tertiary alicyclic amines) is 1. The fourth-order valence-corrected chi connectivity index (χ4v) is 3.83. The Balaban J connectivity index is 1.82. The van der Waals surface area contributed by atoms with Gasteiger partial charge < -0.3 is 10.0 Å². The predicted molar refractivity (Wildman–Crippen MR) is 81.4 cm³/mol. The summed E-state index contributed by atoms with van der Waals surface area (Å²) in [6, 6.07) is 0.280. The third-order valence-electron chi connectivity index (χ3n) is 5.23. The van der Waals surface area contributed by atoms with E-state index in [2.05, 4.69) is 13.8 Å². The highest BCUT2D eigenvalue weighted by atomic mass is 16.3. The van der Waals surface area contributed by atoms with Gasteiger partial charge in [-0.3, -0.25) is 4.79 Å². The largest absolute Gasteiger partial charge is 0.393 e. The molecule has 0 radical (unpaired) electrons. The van der Waals surface area contributed by atoms with Crippen molar-refractivity contribution in [3.8, 4) is 0 Å². The summed E-state index contributed by atoms with van der Waals surface area (Å²) in [4.78, 5) is 14.6. The molecule has 1 saturated heterocycles. The van der Waals surface area contributed by atoms with E-state index in [0.717, 1.165) is 32.2 Å². The fraction of sp³-hybridized carbons (Fsp3) is 0.941. The van der Waals surface area contributed by atoms with Gasteiger partial charge in [0.2, 0.25) is 5.91 Å². The molecule has 0 spiro atoms. The molecule has 1 heterocycles. The summed E-state index contributed by atoms with van der Waals surface area (Å²) in [6.45, 7) is 7.40. The maximum Gasteiger partial charge on any atom is 0.223 e. The minimum atomic E-state index is -0.302. The Morgan fingerprint density at radius 2 is 1.95 bits per heavy atom. The highest BCUT2D eigenvalue weighted by Crippen LogP contribution is 2.39. The van der Waals surface area contributed by atoms with Gasteiger partial charge in [-0.25, -0.2) is 0 Å². The molecule has 2 unspecified atom stereocenters. The number of aliphatic hydroxyl groups is 1. The number of hydrogen-bond donors (Lipinski definition) is 1. The van der Waals surface area contributed by atoms with E-state index in [0.29, 0.717) is 17.2 Å². The quantitative estimate of drug-likeness (QED) is 0.858. The summed E-state index contributed by atoms with van der Waals surface area (Å²) >= 11 is 0. The highest BCUT2D eigenvalue weighted by molar-refractivity contribution is 5.77. The lowest BCUT2D eigenvalue weighted by Crippen LogP contribution is -2.38. The molecule has 2 aliphatic rings. The predicted octanol–water partition coefficient (Wildman–Crippen LogP) is 3.35. The SMILES string of the molecule is CC(O)CC1CCCN1C(=O)CC1CCC(C)(C)CC1. The van der Waals surface area contributed by atoms with Crippen LogP contribution in [0.5, 0.6) is 0 Å². The number of rotatable bonds is 4. The first-order chi connectivity index (χ1) is 9.37. The molecule has 2 atom stereocenters. The Morgan fingerprint density at radius 3 is 2.55 bits per heavy atom. The number of carbonyl (C=O) groups is 1. The monoisotopic (exact) mass is 281 g/mol. The fourth-order valence-electron chi connectivity index (χ4n) is 3.83. The van der Waals surface area contributed by atoms with E-state index in [1.165, 1.54) is 25.7 Å². The van der Waals surface area contributed by atoms with E-state index >= 15 is 0 Å². The Bertz CT molecular complexity index is 328. The second kappa shape index (κ2) is 6.46. The van der Waals surface area contributed by atoms with E-state index < -0.39 is 0 Å². The van der Waals surface area contributed by atoms with Crippen LogP contribution in [-0.4, -0.2) is 34.6 Å². The van der Waals surface area contributed by atoms with Crippen LogP contribution < -0.4 is 0 Å². The Morgan fingerprint density at radius 1 is 1.30 bits per heavy atom. The lowest BCUT2D eigenvalue weighted by molar-refractivity contribution is -0.133. The third kappa shape index (κ3) is 4.21. The maximum atomic E-state index is 12.5. The van der Waals surface area contributed by atoms with Crippen LogP contribution in [0.15, 0.2) is 0 Å². The average molecular weight is 281 g/mol. The molecule has 1 amide bonds. The average Bonchev–Trinajstić information content (AvgIpc) is 2.79. The molecule has 0 aromatic rings. The van der Waals surface area contributed by atoms with Gasteiger partial charge in [0.15, 0.2) is 0 Å². The Kier molecular flexibility index (Phi) is 5.11. The molecule has 20 heavy (non-hydrogen) atoms. The van der Waals surface area contributed by atoms with Gasteiger partial charge in [-0.05, 0) is 63.2 Å². The van der Waals surface area contributed by atoms with E-state index in [9.17, 15) is 9.90 Å². The molecule has 1 N–H and O–H groups in total. The minimum absolute atomic E-state index is 0.280. The van der Waals surface area contributed by atoms with Crippen LogP contribution in [0.2, 0.25) is 0 Å². The summed E-state index contributed by atoms with van der Waals surface area (Å²) < 4.78 is 0.